The first-order valence-corrected chi connectivity index (χ1v) is 8.68. The van der Waals surface area contributed by atoms with Crippen LogP contribution in [0.5, 0.6) is 0 Å². The van der Waals surface area contributed by atoms with E-state index in [0.717, 1.165) is 0 Å². The molecule has 1 N–H and O–H groups in total. The number of carbonyl (C=O) groups is 1. The molecule has 0 aromatic carbocycles. The largest absolute Gasteiger partial charge is 0.322 e. The van der Waals surface area contributed by atoms with Crippen molar-refractivity contribution >= 4 is 5.91 Å². The molecule has 3 nitrogen and oxygen atoms in total. The molecule has 2 aliphatic carbocycles. The molecule has 0 spiro atoms. The molecule has 0 aromatic rings. The second-order valence-corrected chi connectivity index (χ2v) is 7.60. The van der Waals surface area contributed by atoms with E-state index in [0.29, 0.717) is 35.9 Å². The molecule has 20 heavy (non-hydrogen) atoms. The average molecular weight is 278 g/mol. The van der Waals surface area contributed by atoms with E-state index < -0.39 is 0 Å². The van der Waals surface area contributed by atoms with E-state index in [-0.39, 0.29) is 6.04 Å². The third-order valence-corrected chi connectivity index (χ3v) is 5.86. The van der Waals surface area contributed by atoms with Gasteiger partial charge in [-0.2, -0.15) is 0 Å². The van der Waals surface area contributed by atoms with Crippen molar-refractivity contribution in [1.29, 1.82) is 0 Å². The van der Waals surface area contributed by atoms with Crippen LogP contribution in [-0.2, 0) is 4.79 Å². The van der Waals surface area contributed by atoms with Crippen LogP contribution in [0.15, 0.2) is 0 Å². The average Bonchev–Trinajstić information content (AvgIpc) is 3.08. The molecule has 1 aliphatic heterocycles. The topological polar surface area (TPSA) is 32.3 Å². The zero-order valence-electron chi connectivity index (χ0n) is 13.3. The van der Waals surface area contributed by atoms with Gasteiger partial charge in [-0.1, -0.05) is 40.0 Å². The molecule has 0 radical (unpaired) electrons. The second-order valence-electron chi connectivity index (χ2n) is 7.60. The van der Waals surface area contributed by atoms with Crippen molar-refractivity contribution in [3.8, 4) is 0 Å². The number of rotatable bonds is 3. The van der Waals surface area contributed by atoms with E-state index in [1.807, 2.05) is 0 Å². The van der Waals surface area contributed by atoms with Crippen LogP contribution in [0.1, 0.15) is 65.7 Å². The third kappa shape index (κ3) is 2.38. The van der Waals surface area contributed by atoms with Gasteiger partial charge in [0.05, 0.1) is 12.2 Å². The highest BCUT2D eigenvalue weighted by Crippen LogP contribution is 2.39. The highest BCUT2D eigenvalue weighted by Gasteiger charge is 2.48. The van der Waals surface area contributed by atoms with Crippen LogP contribution in [0.3, 0.4) is 0 Å². The highest BCUT2D eigenvalue weighted by molar-refractivity contribution is 5.85. The monoisotopic (exact) mass is 278 g/mol. The van der Waals surface area contributed by atoms with Gasteiger partial charge in [0, 0.05) is 6.04 Å². The summed E-state index contributed by atoms with van der Waals surface area (Å²) in [5.41, 5.74) is 0. The van der Waals surface area contributed by atoms with Gasteiger partial charge in [-0.25, -0.2) is 0 Å². The molecule has 3 fully saturated rings. The van der Waals surface area contributed by atoms with Crippen molar-refractivity contribution in [3.63, 3.8) is 0 Å². The summed E-state index contributed by atoms with van der Waals surface area (Å²) in [6.45, 7) is 6.67. The second kappa shape index (κ2) is 5.67. The van der Waals surface area contributed by atoms with Crippen LogP contribution in [0.2, 0.25) is 0 Å². The maximum atomic E-state index is 12.9. The molecule has 114 valence electrons. The van der Waals surface area contributed by atoms with Crippen LogP contribution in [0, 0.1) is 17.8 Å². The lowest BCUT2D eigenvalue weighted by Crippen LogP contribution is -2.49. The summed E-state index contributed by atoms with van der Waals surface area (Å²) < 4.78 is 0. The van der Waals surface area contributed by atoms with E-state index in [4.69, 9.17) is 0 Å². The summed E-state index contributed by atoms with van der Waals surface area (Å²) in [6.07, 6.45) is 9.40. The molecule has 4 unspecified atom stereocenters. The molecule has 2 saturated carbocycles. The van der Waals surface area contributed by atoms with E-state index in [1.165, 1.54) is 44.9 Å². The molecular weight excluding hydrogens is 248 g/mol. The Hall–Kier alpha value is -0.570. The standard InChI is InChI=1S/C17H30N2O/c1-11(2)15-17(20)19(14-10-6-7-12(14)3)16(18-15)13-8-4-5-9-13/h11-16,18H,4-10H2,1-3H3. The number of carbonyl (C=O) groups excluding carboxylic acids is 1. The fourth-order valence-corrected chi connectivity index (χ4v) is 4.66. The Morgan fingerprint density at radius 1 is 1.10 bits per heavy atom. The Labute approximate surface area is 123 Å². The summed E-state index contributed by atoms with van der Waals surface area (Å²) in [7, 11) is 0. The molecule has 3 heteroatoms. The SMILES string of the molecule is CC(C)C1NC(C2CCCC2)N(C2CCCC2C)C1=O. The summed E-state index contributed by atoms with van der Waals surface area (Å²) in [5.74, 6) is 2.15. The van der Waals surface area contributed by atoms with Crippen LogP contribution in [0.25, 0.3) is 0 Å². The highest BCUT2D eigenvalue weighted by atomic mass is 16.2. The lowest BCUT2D eigenvalue weighted by molar-refractivity contribution is -0.134. The first-order valence-electron chi connectivity index (χ1n) is 8.68. The van der Waals surface area contributed by atoms with Crippen molar-refractivity contribution in [2.24, 2.45) is 17.8 Å². The molecule has 3 aliphatic rings. The van der Waals surface area contributed by atoms with Gasteiger partial charge in [-0.3, -0.25) is 10.1 Å². The lowest BCUT2D eigenvalue weighted by atomic mass is 9.99. The zero-order chi connectivity index (χ0) is 14.3. The van der Waals surface area contributed by atoms with E-state index in [9.17, 15) is 4.79 Å². The number of nitrogens with one attached hydrogen (secondary N) is 1. The Morgan fingerprint density at radius 2 is 1.80 bits per heavy atom. The van der Waals surface area contributed by atoms with Crippen LogP contribution < -0.4 is 5.32 Å². The minimum Gasteiger partial charge on any atom is -0.322 e. The van der Waals surface area contributed by atoms with E-state index in [1.54, 1.807) is 0 Å². The van der Waals surface area contributed by atoms with Crippen LogP contribution in [-0.4, -0.2) is 29.1 Å². The Bertz CT molecular complexity index is 362. The van der Waals surface area contributed by atoms with Crippen molar-refractivity contribution in [1.82, 2.24) is 10.2 Å². The van der Waals surface area contributed by atoms with Gasteiger partial charge in [0.1, 0.15) is 0 Å². The van der Waals surface area contributed by atoms with Gasteiger partial charge in [0.25, 0.3) is 0 Å². The van der Waals surface area contributed by atoms with E-state index in [2.05, 4.69) is 31.0 Å². The molecular formula is C17H30N2O. The lowest BCUT2D eigenvalue weighted by Gasteiger charge is -2.36. The van der Waals surface area contributed by atoms with Crippen LogP contribution in [0.4, 0.5) is 0 Å². The minimum atomic E-state index is 0.0494. The van der Waals surface area contributed by atoms with Gasteiger partial charge < -0.3 is 4.90 Å². The van der Waals surface area contributed by atoms with Gasteiger partial charge in [-0.05, 0) is 43.4 Å². The molecule has 1 heterocycles. The maximum Gasteiger partial charge on any atom is 0.241 e. The molecule has 0 bridgehead atoms. The number of hydrogen-bond donors (Lipinski definition) is 1. The zero-order valence-corrected chi connectivity index (χ0v) is 13.3. The molecule has 1 amide bonds. The van der Waals surface area contributed by atoms with Gasteiger partial charge in [0.2, 0.25) is 5.91 Å². The summed E-state index contributed by atoms with van der Waals surface area (Å²) in [5, 5.41) is 3.71. The summed E-state index contributed by atoms with van der Waals surface area (Å²) in [6, 6.07) is 0.540. The summed E-state index contributed by atoms with van der Waals surface area (Å²) in [4.78, 5) is 15.2. The van der Waals surface area contributed by atoms with Crippen molar-refractivity contribution in [3.05, 3.63) is 0 Å². The minimum absolute atomic E-state index is 0.0494. The fraction of sp³-hybridized carbons (Fsp3) is 0.941. The first-order chi connectivity index (χ1) is 9.59. The number of nitrogens with zero attached hydrogens (tertiary/aromatic N) is 1. The summed E-state index contributed by atoms with van der Waals surface area (Å²) >= 11 is 0. The molecule has 1 saturated heterocycles. The Balaban J connectivity index is 1.83. The Morgan fingerprint density at radius 3 is 2.35 bits per heavy atom. The van der Waals surface area contributed by atoms with E-state index >= 15 is 0 Å². The Kier molecular flexibility index (Phi) is 4.07. The maximum absolute atomic E-state index is 12.9. The van der Waals surface area contributed by atoms with Gasteiger partial charge >= 0.3 is 0 Å². The predicted molar refractivity (Wildman–Crippen MR) is 81.2 cm³/mol. The van der Waals surface area contributed by atoms with Crippen molar-refractivity contribution in [2.45, 2.75) is 84.0 Å². The smallest absolute Gasteiger partial charge is 0.241 e. The number of amides is 1. The molecule has 0 aromatic heterocycles. The van der Waals surface area contributed by atoms with Crippen molar-refractivity contribution in [2.75, 3.05) is 0 Å². The quantitative estimate of drug-likeness (QED) is 0.860. The van der Waals surface area contributed by atoms with Crippen molar-refractivity contribution < 1.29 is 4.79 Å². The first kappa shape index (κ1) is 14.4. The molecule has 3 rings (SSSR count). The fourth-order valence-electron chi connectivity index (χ4n) is 4.66. The van der Waals surface area contributed by atoms with Gasteiger partial charge in [-0.15, -0.1) is 0 Å². The van der Waals surface area contributed by atoms with Gasteiger partial charge in [0.15, 0.2) is 0 Å². The van der Waals surface area contributed by atoms with Crippen LogP contribution >= 0.6 is 0 Å². The normalized spacial score (nSPS) is 39.4. The predicted octanol–water partition coefficient (Wildman–Crippen LogP) is 3.15. The molecule has 4 atom stereocenters. The number of hydrogen-bond acceptors (Lipinski definition) is 2. The third-order valence-electron chi connectivity index (χ3n) is 5.86.